The number of aromatic nitrogens is 1. The molecule has 4 atom stereocenters. The van der Waals surface area contributed by atoms with Gasteiger partial charge in [-0.3, -0.25) is 14.4 Å². The summed E-state index contributed by atoms with van der Waals surface area (Å²) in [5.41, 5.74) is 2.38. The van der Waals surface area contributed by atoms with Crippen molar-refractivity contribution in [2.45, 2.75) is 66.0 Å². The van der Waals surface area contributed by atoms with Crippen molar-refractivity contribution in [3.63, 3.8) is 0 Å². The summed E-state index contributed by atoms with van der Waals surface area (Å²) in [6.07, 6.45) is 3.48. The zero-order valence-electron chi connectivity index (χ0n) is 19.5. The molecule has 0 bridgehead atoms. The van der Waals surface area contributed by atoms with E-state index in [9.17, 15) is 14.4 Å². The number of ketones is 1. The first-order valence-electron chi connectivity index (χ1n) is 11.4. The lowest BCUT2D eigenvalue weighted by Crippen LogP contribution is -2.45. The van der Waals surface area contributed by atoms with E-state index in [-0.39, 0.29) is 30.8 Å². The van der Waals surface area contributed by atoms with Crippen molar-refractivity contribution in [2.24, 2.45) is 17.8 Å². The number of likely N-dealkylation sites (tertiary alicyclic amines) is 1. The fraction of sp³-hybridized carbons (Fsp3) is 0.708. The minimum absolute atomic E-state index is 0.0286. The number of carbonyl (C=O) groups excluding carboxylic acids is 3. The number of amides is 1. The summed E-state index contributed by atoms with van der Waals surface area (Å²) in [4.78, 5) is 39.8. The third kappa shape index (κ3) is 5.03. The Morgan fingerprint density at radius 3 is 2.65 bits per heavy atom. The maximum Gasteiger partial charge on any atom is 0.311 e. The van der Waals surface area contributed by atoms with Crippen LogP contribution in [0.1, 0.15) is 61.3 Å². The minimum Gasteiger partial charge on any atom is -0.457 e. The van der Waals surface area contributed by atoms with Gasteiger partial charge in [0, 0.05) is 49.6 Å². The SMILES string of the molecule is COCCn1c(C)cc(C(=O)COC(=O)[C@H]2CC(=O)N([C@H]3CCC[C@H](C)[C@@H]3C)C2)c1C. The predicted octanol–water partition coefficient (Wildman–Crippen LogP) is 3.15. The van der Waals surface area contributed by atoms with Gasteiger partial charge in [0.2, 0.25) is 11.7 Å². The second kappa shape index (κ2) is 9.98. The Balaban J connectivity index is 1.56. The normalized spacial score (nSPS) is 26.4. The largest absolute Gasteiger partial charge is 0.457 e. The number of Topliss-reactive ketones (excluding diaryl/α,β-unsaturated/α-hetero) is 1. The highest BCUT2D eigenvalue weighted by atomic mass is 16.5. The summed E-state index contributed by atoms with van der Waals surface area (Å²) < 4.78 is 12.5. The van der Waals surface area contributed by atoms with Gasteiger partial charge in [-0.25, -0.2) is 0 Å². The first-order chi connectivity index (χ1) is 14.7. The van der Waals surface area contributed by atoms with Gasteiger partial charge >= 0.3 is 5.97 Å². The Morgan fingerprint density at radius 1 is 1.19 bits per heavy atom. The van der Waals surface area contributed by atoms with Crippen molar-refractivity contribution < 1.29 is 23.9 Å². The van der Waals surface area contributed by atoms with E-state index < -0.39 is 11.9 Å². The van der Waals surface area contributed by atoms with Crippen molar-refractivity contribution in [3.05, 3.63) is 23.0 Å². The zero-order valence-corrected chi connectivity index (χ0v) is 19.5. The molecule has 2 fully saturated rings. The molecule has 0 unspecified atom stereocenters. The van der Waals surface area contributed by atoms with Gasteiger partial charge in [0.25, 0.3) is 0 Å². The van der Waals surface area contributed by atoms with Crippen LogP contribution in [0, 0.1) is 31.6 Å². The number of hydrogen-bond acceptors (Lipinski definition) is 5. The number of hydrogen-bond donors (Lipinski definition) is 0. The van der Waals surface area contributed by atoms with Crippen molar-refractivity contribution in [1.82, 2.24) is 9.47 Å². The van der Waals surface area contributed by atoms with Crippen LogP contribution in [0.3, 0.4) is 0 Å². The average molecular weight is 433 g/mol. The minimum atomic E-state index is -0.487. The molecule has 1 aliphatic heterocycles. The van der Waals surface area contributed by atoms with Gasteiger partial charge < -0.3 is 18.9 Å². The molecule has 0 N–H and O–H groups in total. The lowest BCUT2D eigenvalue weighted by molar-refractivity contribution is -0.147. The van der Waals surface area contributed by atoms with Gasteiger partial charge in [-0.15, -0.1) is 0 Å². The maximum atomic E-state index is 12.7. The lowest BCUT2D eigenvalue weighted by atomic mass is 9.77. The van der Waals surface area contributed by atoms with E-state index in [1.807, 2.05) is 29.4 Å². The molecule has 0 spiro atoms. The van der Waals surface area contributed by atoms with Crippen molar-refractivity contribution in [3.8, 4) is 0 Å². The van der Waals surface area contributed by atoms with Gasteiger partial charge in [-0.2, -0.15) is 0 Å². The fourth-order valence-corrected chi connectivity index (χ4v) is 5.15. The highest BCUT2D eigenvalue weighted by Crippen LogP contribution is 2.36. The van der Waals surface area contributed by atoms with E-state index in [4.69, 9.17) is 9.47 Å². The van der Waals surface area contributed by atoms with E-state index in [1.165, 1.54) is 6.42 Å². The molecule has 1 saturated heterocycles. The molecule has 2 heterocycles. The first kappa shape index (κ1) is 23.5. The molecule has 7 heteroatoms. The Kier molecular flexibility index (Phi) is 7.57. The van der Waals surface area contributed by atoms with Gasteiger partial charge in [0.1, 0.15) is 0 Å². The fourth-order valence-electron chi connectivity index (χ4n) is 5.15. The molecular weight excluding hydrogens is 396 g/mol. The molecule has 1 amide bonds. The van der Waals surface area contributed by atoms with Crippen LogP contribution in [0.25, 0.3) is 0 Å². The first-order valence-corrected chi connectivity index (χ1v) is 11.4. The van der Waals surface area contributed by atoms with E-state index in [0.29, 0.717) is 37.1 Å². The quantitative estimate of drug-likeness (QED) is 0.466. The molecule has 1 aromatic heterocycles. The van der Waals surface area contributed by atoms with E-state index >= 15 is 0 Å². The molecule has 31 heavy (non-hydrogen) atoms. The van der Waals surface area contributed by atoms with Crippen LogP contribution >= 0.6 is 0 Å². The van der Waals surface area contributed by atoms with Crippen LogP contribution in [0.15, 0.2) is 6.07 Å². The van der Waals surface area contributed by atoms with Crippen molar-refractivity contribution >= 4 is 17.7 Å². The lowest BCUT2D eigenvalue weighted by Gasteiger charge is -2.39. The smallest absolute Gasteiger partial charge is 0.311 e. The van der Waals surface area contributed by atoms with Crippen molar-refractivity contribution in [2.75, 3.05) is 26.9 Å². The van der Waals surface area contributed by atoms with Gasteiger partial charge in [-0.1, -0.05) is 26.7 Å². The van der Waals surface area contributed by atoms with Crippen LogP contribution < -0.4 is 0 Å². The third-order valence-electron chi connectivity index (χ3n) is 7.29. The number of methoxy groups -OCH3 is 1. The van der Waals surface area contributed by atoms with Crippen molar-refractivity contribution in [1.29, 1.82) is 0 Å². The van der Waals surface area contributed by atoms with Crippen LogP contribution in [-0.4, -0.2) is 60.0 Å². The summed E-state index contributed by atoms with van der Waals surface area (Å²) in [6, 6.07) is 2.03. The van der Waals surface area contributed by atoms with Crippen LogP contribution in [-0.2, 0) is 25.6 Å². The summed E-state index contributed by atoms with van der Waals surface area (Å²) in [5.74, 6) is -0.116. The number of aryl methyl sites for hydroxylation is 1. The van der Waals surface area contributed by atoms with Crippen LogP contribution in [0.5, 0.6) is 0 Å². The highest BCUT2D eigenvalue weighted by Gasteiger charge is 2.42. The molecule has 1 aliphatic carbocycles. The second-order valence-corrected chi connectivity index (χ2v) is 9.24. The number of rotatable bonds is 8. The Bertz CT molecular complexity index is 830. The number of carbonyl (C=O) groups is 3. The molecule has 2 aliphatic rings. The van der Waals surface area contributed by atoms with Gasteiger partial charge in [0.15, 0.2) is 6.61 Å². The summed E-state index contributed by atoms with van der Waals surface area (Å²) in [6.45, 7) is 9.60. The molecule has 1 aromatic rings. The molecular formula is C24H36N2O5. The maximum absolute atomic E-state index is 12.7. The van der Waals surface area contributed by atoms with Gasteiger partial charge in [0.05, 0.1) is 12.5 Å². The molecule has 0 aromatic carbocycles. The average Bonchev–Trinajstić information content (AvgIpc) is 3.26. The van der Waals surface area contributed by atoms with Gasteiger partial charge in [-0.05, 0) is 38.2 Å². The molecule has 7 nitrogen and oxygen atoms in total. The highest BCUT2D eigenvalue weighted by molar-refractivity contribution is 5.99. The van der Waals surface area contributed by atoms with E-state index in [2.05, 4.69) is 13.8 Å². The number of ether oxygens (including phenoxy) is 2. The Morgan fingerprint density at radius 2 is 1.94 bits per heavy atom. The van der Waals surface area contributed by atoms with E-state index in [1.54, 1.807) is 7.11 Å². The zero-order chi connectivity index (χ0) is 22.7. The summed E-state index contributed by atoms with van der Waals surface area (Å²) in [5, 5.41) is 0. The second-order valence-electron chi connectivity index (χ2n) is 9.24. The monoisotopic (exact) mass is 432 g/mol. The molecule has 3 rings (SSSR count). The third-order valence-corrected chi connectivity index (χ3v) is 7.29. The number of esters is 1. The molecule has 1 saturated carbocycles. The summed E-state index contributed by atoms with van der Waals surface area (Å²) >= 11 is 0. The van der Waals surface area contributed by atoms with E-state index in [0.717, 1.165) is 24.2 Å². The predicted molar refractivity (Wildman–Crippen MR) is 117 cm³/mol. The van der Waals surface area contributed by atoms with Crippen LogP contribution in [0.4, 0.5) is 0 Å². The standard InChI is InChI=1S/C24H36N2O5/c1-15-7-6-8-21(17(15)3)26-13-19(12-23(26)28)24(29)31-14-22(27)20-11-16(2)25(18(20)4)9-10-30-5/h11,15,17,19,21H,6-10,12-14H2,1-5H3/t15-,17-,19-,21-/m0/s1. The Hall–Kier alpha value is -2.15. The summed E-state index contributed by atoms with van der Waals surface area (Å²) in [7, 11) is 1.64. The molecule has 0 radical (unpaired) electrons. The molecule has 172 valence electrons. The topological polar surface area (TPSA) is 77.8 Å². The van der Waals surface area contributed by atoms with Crippen LogP contribution in [0.2, 0.25) is 0 Å². The number of nitrogens with zero attached hydrogens (tertiary/aromatic N) is 2. The Labute approximate surface area is 185 Å².